The van der Waals surface area contributed by atoms with Gasteiger partial charge in [0.25, 0.3) is 0 Å². The van der Waals surface area contributed by atoms with Crippen LogP contribution in [0.25, 0.3) is 0 Å². The summed E-state index contributed by atoms with van der Waals surface area (Å²) in [5.41, 5.74) is 6.12. The van der Waals surface area contributed by atoms with Crippen molar-refractivity contribution in [3.63, 3.8) is 0 Å². The van der Waals surface area contributed by atoms with Crippen LogP contribution in [0.1, 0.15) is 18.9 Å². The average Bonchev–Trinajstić information content (AvgIpc) is 3.12. The molecule has 1 heterocycles. The van der Waals surface area contributed by atoms with Gasteiger partial charge in [-0.25, -0.2) is 14.3 Å². The van der Waals surface area contributed by atoms with E-state index in [1.165, 1.54) is 17.8 Å². The number of H-pyrrole nitrogens is 1. The van der Waals surface area contributed by atoms with Crippen molar-refractivity contribution < 1.29 is 4.39 Å². The van der Waals surface area contributed by atoms with Crippen LogP contribution in [0.15, 0.2) is 27.0 Å². The molecule has 3 rings (SSSR count). The molecule has 1 fully saturated rings. The molecular weight excluding hydrogens is 382 g/mol. The fraction of sp³-hybridized carbons (Fsp3) is 0.273. The number of rotatable bonds is 3. The predicted molar refractivity (Wildman–Crippen MR) is 78.8 cm³/mol. The van der Waals surface area contributed by atoms with E-state index in [1.54, 1.807) is 10.6 Å². The highest BCUT2D eigenvalue weighted by molar-refractivity contribution is 14.1. The molecule has 1 aromatic heterocycles. The number of aromatic amines is 1. The Morgan fingerprint density at radius 2 is 2.26 bits per heavy atom. The molecule has 1 aliphatic carbocycles. The Balaban J connectivity index is 1.98. The lowest BCUT2D eigenvalue weighted by Gasteiger charge is -2.07. The molecule has 0 spiro atoms. The van der Waals surface area contributed by atoms with Crippen molar-refractivity contribution in [3.8, 4) is 0 Å². The molecule has 0 bridgehead atoms. The molecule has 1 aromatic carbocycles. The van der Waals surface area contributed by atoms with Crippen LogP contribution in [0, 0.1) is 9.39 Å². The van der Waals surface area contributed by atoms with Gasteiger partial charge in [-0.3, -0.25) is 4.57 Å². The predicted octanol–water partition coefficient (Wildman–Crippen LogP) is 2.38. The average molecular weight is 392 g/mol. The van der Waals surface area contributed by atoms with E-state index < -0.39 is 0 Å². The minimum Gasteiger partial charge on any atom is -0.398 e. The molecule has 3 N–H and O–H groups in total. The van der Waals surface area contributed by atoms with Crippen LogP contribution in [0.5, 0.6) is 0 Å². The van der Waals surface area contributed by atoms with E-state index in [2.05, 4.69) is 10.2 Å². The Morgan fingerprint density at radius 3 is 2.95 bits per heavy atom. The summed E-state index contributed by atoms with van der Waals surface area (Å²) >= 11 is 3.09. The van der Waals surface area contributed by atoms with Gasteiger partial charge in [0.05, 0.1) is 3.57 Å². The first-order chi connectivity index (χ1) is 9.06. The maximum atomic E-state index is 13.6. The summed E-state index contributed by atoms with van der Waals surface area (Å²) in [4.78, 5) is 12.2. The SMILES string of the molecule is Nc1cc(I)c(F)cc1Sc1n[nH]c(=O)n1C1CC1. The van der Waals surface area contributed by atoms with Crippen LogP contribution >= 0.6 is 34.4 Å². The van der Waals surface area contributed by atoms with E-state index in [0.29, 0.717) is 19.3 Å². The van der Waals surface area contributed by atoms with Gasteiger partial charge < -0.3 is 5.73 Å². The highest BCUT2D eigenvalue weighted by atomic mass is 127. The van der Waals surface area contributed by atoms with E-state index in [4.69, 9.17) is 5.73 Å². The van der Waals surface area contributed by atoms with Crippen LogP contribution in [0.4, 0.5) is 10.1 Å². The Hall–Kier alpha value is -1.03. The molecule has 0 saturated heterocycles. The number of halogens is 2. The Morgan fingerprint density at radius 1 is 1.53 bits per heavy atom. The quantitative estimate of drug-likeness (QED) is 0.621. The smallest absolute Gasteiger partial charge is 0.344 e. The lowest BCUT2D eigenvalue weighted by molar-refractivity contribution is 0.616. The maximum Gasteiger partial charge on any atom is 0.344 e. The van der Waals surface area contributed by atoms with E-state index in [-0.39, 0.29) is 17.5 Å². The Labute approximate surface area is 125 Å². The molecule has 1 aliphatic rings. The first kappa shape index (κ1) is 13.0. The summed E-state index contributed by atoms with van der Waals surface area (Å²) < 4.78 is 15.6. The van der Waals surface area contributed by atoms with E-state index in [1.807, 2.05) is 22.6 Å². The molecular formula is C11H10FIN4OS. The van der Waals surface area contributed by atoms with Crippen molar-refractivity contribution in [1.82, 2.24) is 14.8 Å². The van der Waals surface area contributed by atoms with Gasteiger partial charge in [0.1, 0.15) is 5.82 Å². The van der Waals surface area contributed by atoms with Crippen molar-refractivity contribution in [2.45, 2.75) is 28.9 Å². The summed E-state index contributed by atoms with van der Waals surface area (Å²) in [6, 6.07) is 3.16. The number of hydrogen-bond acceptors (Lipinski definition) is 4. The van der Waals surface area contributed by atoms with Crippen molar-refractivity contribution in [3.05, 3.63) is 32.0 Å². The molecule has 0 atom stereocenters. The zero-order valence-electron chi connectivity index (χ0n) is 9.69. The van der Waals surface area contributed by atoms with Crippen LogP contribution in [0.3, 0.4) is 0 Å². The second-order valence-electron chi connectivity index (χ2n) is 4.32. The minimum absolute atomic E-state index is 0.212. The van der Waals surface area contributed by atoms with Gasteiger partial charge in [-0.15, -0.1) is 5.10 Å². The van der Waals surface area contributed by atoms with Gasteiger partial charge in [0.2, 0.25) is 0 Å². The van der Waals surface area contributed by atoms with Gasteiger partial charge in [-0.2, -0.15) is 0 Å². The second kappa shape index (κ2) is 4.82. The van der Waals surface area contributed by atoms with E-state index in [9.17, 15) is 9.18 Å². The zero-order chi connectivity index (χ0) is 13.6. The molecule has 0 radical (unpaired) electrons. The molecule has 0 amide bonds. The van der Waals surface area contributed by atoms with Gasteiger partial charge >= 0.3 is 5.69 Å². The highest BCUT2D eigenvalue weighted by Crippen LogP contribution is 2.39. The number of nitrogens with two attached hydrogens (primary N) is 1. The Bertz CT molecular complexity index is 694. The number of nitrogens with one attached hydrogen (secondary N) is 1. The van der Waals surface area contributed by atoms with Crippen molar-refractivity contribution in [2.24, 2.45) is 0 Å². The summed E-state index contributed by atoms with van der Waals surface area (Å²) in [5.74, 6) is -0.326. The molecule has 0 aliphatic heterocycles. The number of nitrogen functional groups attached to an aromatic ring is 1. The first-order valence-electron chi connectivity index (χ1n) is 5.65. The maximum absolute atomic E-state index is 13.6. The summed E-state index contributed by atoms with van der Waals surface area (Å²) in [6.45, 7) is 0. The zero-order valence-corrected chi connectivity index (χ0v) is 12.7. The fourth-order valence-electron chi connectivity index (χ4n) is 1.75. The normalized spacial score (nSPS) is 14.8. The van der Waals surface area contributed by atoms with E-state index in [0.717, 1.165) is 12.8 Å². The number of hydrogen-bond donors (Lipinski definition) is 2. The third-order valence-corrected chi connectivity index (χ3v) is 4.71. The first-order valence-corrected chi connectivity index (χ1v) is 7.55. The Kier molecular flexibility index (Phi) is 3.29. The molecule has 2 aromatic rings. The molecule has 100 valence electrons. The van der Waals surface area contributed by atoms with Crippen LogP contribution < -0.4 is 11.4 Å². The number of benzene rings is 1. The van der Waals surface area contributed by atoms with Gasteiger partial charge in [0.15, 0.2) is 5.16 Å². The van der Waals surface area contributed by atoms with Gasteiger partial charge in [-0.05, 0) is 59.3 Å². The van der Waals surface area contributed by atoms with Crippen LogP contribution in [-0.4, -0.2) is 14.8 Å². The number of nitrogens with zero attached hydrogens (tertiary/aromatic N) is 2. The fourth-order valence-corrected chi connectivity index (χ4v) is 3.20. The second-order valence-corrected chi connectivity index (χ2v) is 6.49. The molecule has 5 nitrogen and oxygen atoms in total. The van der Waals surface area contributed by atoms with Crippen molar-refractivity contribution in [1.29, 1.82) is 0 Å². The molecule has 1 saturated carbocycles. The largest absolute Gasteiger partial charge is 0.398 e. The van der Waals surface area contributed by atoms with E-state index >= 15 is 0 Å². The highest BCUT2D eigenvalue weighted by Gasteiger charge is 2.29. The minimum atomic E-state index is -0.326. The van der Waals surface area contributed by atoms with Crippen LogP contribution in [-0.2, 0) is 0 Å². The summed E-state index contributed by atoms with van der Waals surface area (Å²) in [6.07, 6.45) is 1.95. The third-order valence-electron chi connectivity index (χ3n) is 2.84. The van der Waals surface area contributed by atoms with Crippen LogP contribution in [0.2, 0.25) is 0 Å². The lowest BCUT2D eigenvalue weighted by Crippen LogP contribution is -2.16. The molecule has 0 unspecified atom stereocenters. The van der Waals surface area contributed by atoms with Crippen molar-refractivity contribution >= 4 is 40.0 Å². The lowest BCUT2D eigenvalue weighted by atomic mass is 10.3. The topological polar surface area (TPSA) is 76.7 Å². The number of aromatic nitrogens is 3. The molecule has 8 heteroatoms. The van der Waals surface area contributed by atoms with Gasteiger partial charge in [0, 0.05) is 16.6 Å². The van der Waals surface area contributed by atoms with Gasteiger partial charge in [-0.1, -0.05) is 0 Å². The number of anilines is 1. The monoisotopic (exact) mass is 392 g/mol. The van der Waals surface area contributed by atoms with Crippen molar-refractivity contribution in [2.75, 3.05) is 5.73 Å². The summed E-state index contributed by atoms with van der Waals surface area (Å²) in [5, 5.41) is 6.93. The summed E-state index contributed by atoms with van der Waals surface area (Å²) in [7, 11) is 0. The molecule has 19 heavy (non-hydrogen) atoms. The standard InChI is InChI=1S/C11H10FIN4OS/c12-6-3-9(8(14)4-7(6)13)19-11-16-15-10(18)17(11)5-1-2-5/h3-5H,1-2,14H2,(H,15,18). The third kappa shape index (κ3) is 2.50.